The van der Waals surface area contributed by atoms with Crippen molar-refractivity contribution in [2.24, 2.45) is 0 Å². The summed E-state index contributed by atoms with van der Waals surface area (Å²) in [5.74, 6) is 0. The van der Waals surface area contributed by atoms with Crippen LogP contribution in [0.5, 0.6) is 0 Å². The number of nitrogen functional groups attached to an aromatic ring is 1. The van der Waals surface area contributed by atoms with Crippen molar-refractivity contribution in [2.75, 3.05) is 5.73 Å². The van der Waals surface area contributed by atoms with Gasteiger partial charge in [0.05, 0.1) is 0 Å². The van der Waals surface area contributed by atoms with Crippen LogP contribution in [0.1, 0.15) is 16.4 Å². The molecule has 0 aliphatic heterocycles. The average Bonchev–Trinajstić information content (AvgIpc) is 2.81. The van der Waals surface area contributed by atoms with E-state index in [9.17, 15) is 13.2 Å². The lowest BCUT2D eigenvalue weighted by Gasteiger charge is -2.02. The zero-order valence-corrected chi connectivity index (χ0v) is 10.2. The Morgan fingerprint density at radius 2 is 2.11 bits per heavy atom. The summed E-state index contributed by atoms with van der Waals surface area (Å²) >= 11 is 1.22. The molecule has 18 heavy (non-hydrogen) atoms. The zero-order valence-electron chi connectivity index (χ0n) is 9.40. The molecule has 2 rings (SSSR count). The van der Waals surface area contributed by atoms with Crippen LogP contribution in [0.2, 0.25) is 0 Å². The molecule has 0 aliphatic carbocycles. The summed E-state index contributed by atoms with van der Waals surface area (Å²) in [6.45, 7) is 1.90. The third-order valence-corrected chi connectivity index (χ3v) is 3.10. The van der Waals surface area contributed by atoms with Crippen LogP contribution in [0.3, 0.4) is 0 Å². The van der Waals surface area contributed by atoms with Crippen molar-refractivity contribution < 1.29 is 13.2 Å². The van der Waals surface area contributed by atoms with Gasteiger partial charge >= 0.3 is 6.18 Å². The molecule has 5 nitrogen and oxygen atoms in total. The van der Waals surface area contributed by atoms with Gasteiger partial charge in [-0.2, -0.15) is 18.3 Å². The second-order valence-corrected chi connectivity index (χ2v) is 4.77. The first-order chi connectivity index (χ1) is 8.36. The highest BCUT2D eigenvalue weighted by Crippen LogP contribution is 2.28. The number of anilines is 1. The van der Waals surface area contributed by atoms with E-state index < -0.39 is 11.9 Å². The number of nitrogens with zero attached hydrogens (tertiary/aromatic N) is 4. The standard InChI is InChI=1S/C9H10F3N5S/c1-5-4-6(9(10,11)12)16-17(5)3-2-7-14-15-8(13)18-7/h4H,2-3H2,1H3,(H2,13,15). The van der Waals surface area contributed by atoms with Crippen LogP contribution in [-0.2, 0) is 19.1 Å². The molecule has 0 spiro atoms. The SMILES string of the molecule is Cc1cc(C(F)(F)F)nn1CCc1nnc(N)s1. The minimum absolute atomic E-state index is 0.316. The van der Waals surface area contributed by atoms with Gasteiger partial charge in [-0.15, -0.1) is 10.2 Å². The number of hydrogen-bond acceptors (Lipinski definition) is 5. The van der Waals surface area contributed by atoms with E-state index in [1.807, 2.05) is 0 Å². The van der Waals surface area contributed by atoms with Crippen molar-refractivity contribution in [3.8, 4) is 0 Å². The fraction of sp³-hybridized carbons (Fsp3) is 0.444. The van der Waals surface area contributed by atoms with E-state index in [0.29, 0.717) is 28.8 Å². The number of aryl methyl sites for hydroxylation is 3. The summed E-state index contributed by atoms with van der Waals surface area (Å²) in [5.41, 5.74) is 4.99. The molecule has 0 amide bonds. The molecule has 0 atom stereocenters. The van der Waals surface area contributed by atoms with Crippen molar-refractivity contribution in [1.82, 2.24) is 20.0 Å². The quantitative estimate of drug-likeness (QED) is 0.930. The molecule has 0 bridgehead atoms. The summed E-state index contributed by atoms with van der Waals surface area (Å²) < 4.78 is 38.6. The Labute approximate surface area is 104 Å². The lowest BCUT2D eigenvalue weighted by atomic mass is 10.3. The Bertz CT molecular complexity index is 545. The number of nitrogens with two attached hydrogens (primary N) is 1. The topological polar surface area (TPSA) is 69.6 Å². The summed E-state index contributed by atoms with van der Waals surface area (Å²) in [6.07, 6.45) is -3.96. The van der Waals surface area contributed by atoms with Crippen molar-refractivity contribution >= 4 is 16.5 Å². The Balaban J connectivity index is 2.08. The molecule has 0 unspecified atom stereocenters. The molecule has 0 aliphatic rings. The van der Waals surface area contributed by atoms with Gasteiger partial charge in [-0.05, 0) is 13.0 Å². The maximum absolute atomic E-state index is 12.4. The first-order valence-electron chi connectivity index (χ1n) is 5.06. The molecular weight excluding hydrogens is 267 g/mol. The van der Waals surface area contributed by atoms with Crippen LogP contribution >= 0.6 is 11.3 Å². The lowest BCUT2D eigenvalue weighted by Crippen LogP contribution is -2.09. The fourth-order valence-corrected chi connectivity index (χ4v) is 2.04. The number of aromatic nitrogens is 4. The van der Waals surface area contributed by atoms with E-state index in [1.165, 1.54) is 16.0 Å². The van der Waals surface area contributed by atoms with Crippen LogP contribution in [0, 0.1) is 6.92 Å². The van der Waals surface area contributed by atoms with Crippen LogP contribution in [0.25, 0.3) is 0 Å². The second-order valence-electron chi connectivity index (χ2n) is 3.68. The van der Waals surface area contributed by atoms with E-state index in [2.05, 4.69) is 15.3 Å². The van der Waals surface area contributed by atoms with Gasteiger partial charge in [-0.3, -0.25) is 4.68 Å². The Kier molecular flexibility index (Phi) is 3.24. The Hall–Kier alpha value is -1.64. The molecule has 2 N–H and O–H groups in total. The second kappa shape index (κ2) is 4.56. The van der Waals surface area contributed by atoms with Crippen molar-refractivity contribution in [3.63, 3.8) is 0 Å². The van der Waals surface area contributed by atoms with Gasteiger partial charge in [0.2, 0.25) is 5.13 Å². The molecule has 0 saturated heterocycles. The minimum atomic E-state index is -4.41. The van der Waals surface area contributed by atoms with Crippen LogP contribution < -0.4 is 5.73 Å². The molecule has 0 fully saturated rings. The largest absolute Gasteiger partial charge is 0.435 e. The Morgan fingerprint density at radius 1 is 1.39 bits per heavy atom. The van der Waals surface area contributed by atoms with Gasteiger partial charge in [0.15, 0.2) is 5.69 Å². The fourth-order valence-electron chi connectivity index (χ4n) is 1.44. The smallest absolute Gasteiger partial charge is 0.374 e. The Morgan fingerprint density at radius 3 is 2.61 bits per heavy atom. The number of hydrogen-bond donors (Lipinski definition) is 1. The van der Waals surface area contributed by atoms with Crippen LogP contribution in [-0.4, -0.2) is 20.0 Å². The van der Waals surface area contributed by atoms with E-state index in [0.717, 1.165) is 6.07 Å². The molecule has 2 heterocycles. The predicted octanol–water partition coefficient (Wildman–Crippen LogP) is 1.89. The van der Waals surface area contributed by atoms with Gasteiger partial charge in [0.1, 0.15) is 5.01 Å². The molecule has 0 radical (unpaired) electrons. The zero-order chi connectivity index (χ0) is 13.3. The third kappa shape index (κ3) is 2.78. The summed E-state index contributed by atoms with van der Waals surface area (Å²) in [6, 6.07) is 1.02. The van der Waals surface area contributed by atoms with Crippen LogP contribution in [0.15, 0.2) is 6.07 Å². The number of alkyl halides is 3. The van der Waals surface area contributed by atoms with E-state index in [1.54, 1.807) is 6.92 Å². The van der Waals surface area contributed by atoms with E-state index in [-0.39, 0.29) is 0 Å². The monoisotopic (exact) mass is 277 g/mol. The normalized spacial score (nSPS) is 12.0. The molecule has 9 heteroatoms. The van der Waals surface area contributed by atoms with Gasteiger partial charge in [-0.1, -0.05) is 11.3 Å². The van der Waals surface area contributed by atoms with E-state index in [4.69, 9.17) is 5.73 Å². The summed E-state index contributed by atoms with van der Waals surface area (Å²) in [7, 11) is 0. The van der Waals surface area contributed by atoms with Gasteiger partial charge < -0.3 is 5.73 Å². The maximum atomic E-state index is 12.4. The van der Waals surface area contributed by atoms with Crippen molar-refractivity contribution in [1.29, 1.82) is 0 Å². The molecular formula is C9H10F3N5S. The number of rotatable bonds is 3. The molecule has 0 aromatic carbocycles. The first-order valence-corrected chi connectivity index (χ1v) is 5.87. The number of halogens is 3. The first kappa shape index (κ1) is 12.8. The molecule has 98 valence electrons. The van der Waals surface area contributed by atoms with Crippen LogP contribution in [0.4, 0.5) is 18.3 Å². The highest BCUT2D eigenvalue weighted by atomic mass is 32.1. The predicted molar refractivity (Wildman–Crippen MR) is 60.0 cm³/mol. The summed E-state index contributed by atoms with van der Waals surface area (Å²) in [4.78, 5) is 0. The summed E-state index contributed by atoms with van der Waals surface area (Å²) in [5, 5.41) is 12.0. The molecule has 2 aromatic rings. The highest BCUT2D eigenvalue weighted by molar-refractivity contribution is 7.15. The van der Waals surface area contributed by atoms with Gasteiger partial charge in [-0.25, -0.2) is 0 Å². The van der Waals surface area contributed by atoms with Gasteiger partial charge in [0, 0.05) is 18.7 Å². The maximum Gasteiger partial charge on any atom is 0.435 e. The van der Waals surface area contributed by atoms with Crippen molar-refractivity contribution in [3.05, 3.63) is 22.5 Å². The van der Waals surface area contributed by atoms with Crippen molar-refractivity contribution in [2.45, 2.75) is 26.1 Å². The minimum Gasteiger partial charge on any atom is -0.374 e. The average molecular weight is 277 g/mol. The third-order valence-electron chi connectivity index (χ3n) is 2.29. The van der Waals surface area contributed by atoms with E-state index >= 15 is 0 Å². The molecule has 2 aromatic heterocycles. The highest BCUT2D eigenvalue weighted by Gasteiger charge is 2.34. The molecule has 0 saturated carbocycles. The lowest BCUT2D eigenvalue weighted by molar-refractivity contribution is -0.141. The van der Waals surface area contributed by atoms with Gasteiger partial charge in [0.25, 0.3) is 0 Å².